The first-order chi connectivity index (χ1) is 6.47. The maximum atomic E-state index is 10.6. The summed E-state index contributed by atoms with van der Waals surface area (Å²) in [6, 6.07) is 3.23. The maximum Gasteiger partial charge on any atom is 0.347 e. The molecule has 0 saturated carbocycles. The highest BCUT2D eigenvalue weighted by Crippen LogP contribution is 2.18. The molecule has 76 valence electrons. The van der Waals surface area contributed by atoms with Gasteiger partial charge in [0.2, 0.25) is 0 Å². The van der Waals surface area contributed by atoms with Crippen LogP contribution in [0.1, 0.15) is 4.88 Å². The summed E-state index contributed by atoms with van der Waals surface area (Å²) >= 11 is 1.20. The van der Waals surface area contributed by atoms with Crippen LogP contribution in [0.3, 0.4) is 0 Å². The molecule has 6 heteroatoms. The predicted molar refractivity (Wildman–Crippen MR) is 48.2 cm³/mol. The lowest BCUT2D eigenvalue weighted by Crippen LogP contribution is -2.48. The molecule has 0 fully saturated rings. The topological polar surface area (TPSA) is 94.8 Å². The molecule has 1 aromatic heterocycles. The number of hydrogen-bond acceptors (Lipinski definition) is 4. The van der Waals surface area contributed by atoms with Crippen LogP contribution in [0.5, 0.6) is 0 Å². The maximum absolute atomic E-state index is 10.6. The van der Waals surface area contributed by atoms with Gasteiger partial charge in [0.25, 0.3) is 5.60 Å². The summed E-state index contributed by atoms with van der Waals surface area (Å²) < 4.78 is 0. The van der Waals surface area contributed by atoms with Crippen LogP contribution >= 0.6 is 11.3 Å². The van der Waals surface area contributed by atoms with Crippen molar-refractivity contribution in [2.24, 2.45) is 0 Å². The predicted octanol–water partition coefficient (Wildman–Crippen LogP) is 0.191. The molecular formula is C8H8O5S. The van der Waals surface area contributed by atoms with Gasteiger partial charge in [-0.05, 0) is 11.4 Å². The van der Waals surface area contributed by atoms with Crippen molar-refractivity contribution in [2.45, 2.75) is 12.0 Å². The molecule has 0 aliphatic rings. The molecule has 0 atom stereocenters. The number of hydrogen-bond donors (Lipinski definition) is 3. The summed E-state index contributed by atoms with van der Waals surface area (Å²) in [6.45, 7) is 0. The summed E-state index contributed by atoms with van der Waals surface area (Å²) in [4.78, 5) is 21.6. The normalized spacial score (nSPS) is 11.2. The fraction of sp³-hybridized carbons (Fsp3) is 0.250. The van der Waals surface area contributed by atoms with E-state index in [1.165, 1.54) is 11.3 Å². The average Bonchev–Trinajstić information content (AvgIpc) is 2.55. The second-order valence-electron chi connectivity index (χ2n) is 2.73. The van der Waals surface area contributed by atoms with Gasteiger partial charge in [-0.3, -0.25) is 0 Å². The minimum atomic E-state index is -2.73. The van der Waals surface area contributed by atoms with E-state index in [1.54, 1.807) is 17.5 Å². The monoisotopic (exact) mass is 216 g/mol. The third-order valence-electron chi connectivity index (χ3n) is 1.72. The van der Waals surface area contributed by atoms with E-state index in [0.717, 1.165) is 0 Å². The van der Waals surface area contributed by atoms with Gasteiger partial charge in [-0.1, -0.05) is 6.07 Å². The lowest BCUT2D eigenvalue weighted by Gasteiger charge is -2.16. The first kappa shape index (κ1) is 10.7. The van der Waals surface area contributed by atoms with Gasteiger partial charge in [-0.2, -0.15) is 0 Å². The van der Waals surface area contributed by atoms with Crippen molar-refractivity contribution >= 4 is 23.3 Å². The summed E-state index contributed by atoms with van der Waals surface area (Å²) in [5.74, 6) is -3.50. The molecule has 0 bridgehead atoms. The van der Waals surface area contributed by atoms with Crippen LogP contribution in [0.25, 0.3) is 0 Å². The molecule has 1 rings (SSSR count). The first-order valence-corrected chi connectivity index (χ1v) is 4.56. The zero-order valence-corrected chi connectivity index (χ0v) is 7.82. The van der Waals surface area contributed by atoms with Crippen molar-refractivity contribution in [3.63, 3.8) is 0 Å². The SMILES string of the molecule is O=C(O)C(O)(Cc1cccs1)C(=O)O. The number of carbonyl (C=O) groups is 2. The van der Waals surface area contributed by atoms with Crippen LogP contribution in [0.2, 0.25) is 0 Å². The van der Waals surface area contributed by atoms with Crippen molar-refractivity contribution in [2.75, 3.05) is 0 Å². The van der Waals surface area contributed by atoms with Crippen LogP contribution in [0, 0.1) is 0 Å². The Morgan fingerprint density at radius 2 is 1.93 bits per heavy atom. The Labute approximate surface area is 83.2 Å². The molecule has 1 aromatic rings. The molecule has 14 heavy (non-hydrogen) atoms. The molecular weight excluding hydrogens is 208 g/mol. The summed E-state index contributed by atoms with van der Waals surface area (Å²) in [5, 5.41) is 28.2. The third kappa shape index (κ3) is 1.91. The second-order valence-corrected chi connectivity index (χ2v) is 3.76. The van der Waals surface area contributed by atoms with E-state index in [2.05, 4.69) is 0 Å². The lowest BCUT2D eigenvalue weighted by molar-refractivity contribution is -0.175. The molecule has 0 spiro atoms. The Kier molecular flexibility index (Phi) is 2.87. The van der Waals surface area contributed by atoms with Gasteiger partial charge in [0.05, 0.1) is 0 Å². The molecule has 1 heterocycles. The first-order valence-electron chi connectivity index (χ1n) is 3.68. The van der Waals surface area contributed by atoms with Crippen LogP contribution in [-0.4, -0.2) is 32.9 Å². The summed E-state index contributed by atoms with van der Waals surface area (Å²) in [6.07, 6.45) is -0.421. The van der Waals surface area contributed by atoms with Gasteiger partial charge in [-0.25, -0.2) is 9.59 Å². The highest BCUT2D eigenvalue weighted by Gasteiger charge is 2.44. The molecule has 0 saturated heterocycles. The number of carboxylic acids is 2. The van der Waals surface area contributed by atoms with Crippen molar-refractivity contribution in [1.82, 2.24) is 0 Å². The molecule has 0 unspecified atom stereocenters. The van der Waals surface area contributed by atoms with E-state index in [1.807, 2.05) is 0 Å². The molecule has 0 aliphatic carbocycles. The van der Waals surface area contributed by atoms with Crippen LogP contribution in [-0.2, 0) is 16.0 Å². The third-order valence-corrected chi connectivity index (χ3v) is 2.59. The van der Waals surface area contributed by atoms with Crippen LogP contribution in [0.4, 0.5) is 0 Å². The second kappa shape index (κ2) is 3.77. The van der Waals surface area contributed by atoms with Gasteiger partial charge in [0, 0.05) is 11.3 Å². The van der Waals surface area contributed by atoms with Crippen molar-refractivity contribution in [3.05, 3.63) is 22.4 Å². The van der Waals surface area contributed by atoms with Crippen molar-refractivity contribution in [3.8, 4) is 0 Å². The Bertz CT molecular complexity index is 329. The van der Waals surface area contributed by atoms with E-state index in [-0.39, 0.29) is 0 Å². The Morgan fingerprint density at radius 3 is 2.29 bits per heavy atom. The molecule has 0 radical (unpaired) electrons. The largest absolute Gasteiger partial charge is 0.479 e. The van der Waals surface area contributed by atoms with Gasteiger partial charge in [-0.15, -0.1) is 11.3 Å². The molecule has 0 aromatic carbocycles. The zero-order chi connectivity index (χ0) is 10.8. The van der Waals surface area contributed by atoms with Crippen LogP contribution in [0.15, 0.2) is 17.5 Å². The van der Waals surface area contributed by atoms with Crippen molar-refractivity contribution < 1.29 is 24.9 Å². The fourth-order valence-corrected chi connectivity index (χ4v) is 1.69. The Balaban J connectivity index is 2.91. The van der Waals surface area contributed by atoms with E-state index < -0.39 is 24.0 Å². The summed E-state index contributed by atoms with van der Waals surface area (Å²) in [7, 11) is 0. The number of aliphatic hydroxyl groups is 1. The molecule has 3 N–H and O–H groups in total. The van der Waals surface area contributed by atoms with Gasteiger partial charge >= 0.3 is 11.9 Å². The Hall–Kier alpha value is -1.40. The van der Waals surface area contributed by atoms with E-state index in [9.17, 15) is 14.7 Å². The number of aliphatic carboxylic acids is 2. The minimum absolute atomic E-state index is 0.421. The van der Waals surface area contributed by atoms with Gasteiger partial charge in [0.1, 0.15) is 0 Å². The number of thiophene rings is 1. The van der Waals surface area contributed by atoms with Crippen LogP contribution < -0.4 is 0 Å². The summed E-state index contributed by atoms with van der Waals surface area (Å²) in [5.41, 5.74) is -2.73. The average molecular weight is 216 g/mol. The Morgan fingerprint density at radius 1 is 1.36 bits per heavy atom. The highest BCUT2D eigenvalue weighted by atomic mass is 32.1. The van der Waals surface area contributed by atoms with E-state index >= 15 is 0 Å². The van der Waals surface area contributed by atoms with E-state index in [4.69, 9.17) is 10.2 Å². The minimum Gasteiger partial charge on any atom is -0.479 e. The van der Waals surface area contributed by atoms with Gasteiger partial charge in [0.15, 0.2) is 0 Å². The fourth-order valence-electron chi connectivity index (χ4n) is 0.908. The number of carboxylic acid groups (broad SMARTS) is 2. The quantitative estimate of drug-likeness (QED) is 0.624. The van der Waals surface area contributed by atoms with Crippen molar-refractivity contribution in [1.29, 1.82) is 0 Å². The molecule has 5 nitrogen and oxygen atoms in total. The lowest BCUT2D eigenvalue weighted by atomic mass is 9.99. The highest BCUT2D eigenvalue weighted by molar-refractivity contribution is 7.09. The van der Waals surface area contributed by atoms with Gasteiger partial charge < -0.3 is 15.3 Å². The zero-order valence-electron chi connectivity index (χ0n) is 7.01. The molecule has 0 amide bonds. The smallest absolute Gasteiger partial charge is 0.347 e. The van der Waals surface area contributed by atoms with E-state index in [0.29, 0.717) is 4.88 Å². The number of rotatable bonds is 4. The standard InChI is InChI=1S/C8H8O5S/c9-6(10)8(13,7(11)12)4-5-2-1-3-14-5/h1-3,13H,4H2,(H,9,10)(H,11,12). The molecule has 0 aliphatic heterocycles.